The topological polar surface area (TPSA) is 80.3 Å². The number of alkyl halides is 3. The molecule has 2 heterocycles. The highest BCUT2D eigenvalue weighted by Gasteiger charge is 2.54. The Morgan fingerprint density at radius 2 is 1.95 bits per heavy atom. The number of allylic oxidation sites excluding steroid dienone is 1. The molecule has 1 aliphatic heterocycles. The minimum absolute atomic E-state index is 0.0808. The average Bonchev–Trinajstić information content (AvgIpc) is 3.19. The average molecular weight is 528 g/mol. The van der Waals surface area contributed by atoms with Crippen LogP contribution in [0.2, 0.25) is 0 Å². The van der Waals surface area contributed by atoms with Gasteiger partial charge < -0.3 is 15.4 Å². The van der Waals surface area contributed by atoms with Crippen molar-refractivity contribution in [1.29, 1.82) is 0 Å². The summed E-state index contributed by atoms with van der Waals surface area (Å²) in [4.78, 5) is 29.0. The van der Waals surface area contributed by atoms with E-state index in [1.165, 1.54) is 6.07 Å². The SMILES string of the molecule is CNC(=O)N[C@@H]1CC[C@H]2C(/C=C/c3ccc(-c4cccc(C(F)(F)F)c4)cn3)[C@@H]3[C@@H](C)OC(=O)[C@@H]3C[C@@H]2C1. The van der Waals surface area contributed by atoms with Gasteiger partial charge in [-0.25, -0.2) is 4.79 Å². The molecule has 2 aromatic rings. The number of amides is 2. The van der Waals surface area contributed by atoms with Gasteiger partial charge in [-0.1, -0.05) is 24.3 Å². The number of nitrogens with zero attached hydrogens (tertiary/aromatic N) is 1. The van der Waals surface area contributed by atoms with Gasteiger partial charge in [-0.2, -0.15) is 13.2 Å². The second-order valence-electron chi connectivity index (χ2n) is 10.7. The van der Waals surface area contributed by atoms with Gasteiger partial charge in [0.05, 0.1) is 17.2 Å². The molecule has 0 bridgehead atoms. The van der Waals surface area contributed by atoms with Crippen LogP contribution in [0, 0.1) is 29.6 Å². The van der Waals surface area contributed by atoms with E-state index in [-0.39, 0.29) is 41.9 Å². The van der Waals surface area contributed by atoms with E-state index < -0.39 is 11.7 Å². The number of aromatic nitrogens is 1. The lowest BCUT2D eigenvalue weighted by Crippen LogP contribution is -2.49. The zero-order chi connectivity index (χ0) is 27.0. The van der Waals surface area contributed by atoms with Crippen LogP contribution in [0.25, 0.3) is 17.2 Å². The van der Waals surface area contributed by atoms with Crippen LogP contribution in [0.5, 0.6) is 0 Å². The number of fused-ring (bicyclic) bond motifs is 2. The van der Waals surface area contributed by atoms with Gasteiger partial charge in [-0.05, 0) is 80.2 Å². The number of carbonyl (C=O) groups excluding carboxylic acids is 2. The number of carbonyl (C=O) groups is 2. The standard InChI is InChI=1S/C29H32F3N3O3/c1-16-26-24(23-10-9-22(35-28(37)33-2)13-19(23)14-25(26)27(36)38-16)11-8-21-7-6-18(15-34-21)17-4-3-5-20(12-17)29(30,31)32/h3-8,11-12,15-16,19,22-26H,9-10,13-14H2,1-2H3,(H2,33,35,37)/b11-8+/t16-,19+,22-,23-,24?,25-,26+/m1/s1. The summed E-state index contributed by atoms with van der Waals surface area (Å²) in [5.41, 5.74) is 1.07. The molecule has 0 radical (unpaired) electrons. The van der Waals surface area contributed by atoms with Gasteiger partial charge in [0.15, 0.2) is 0 Å². The molecule has 5 rings (SSSR count). The van der Waals surface area contributed by atoms with Crippen LogP contribution in [-0.2, 0) is 15.7 Å². The van der Waals surface area contributed by atoms with Crippen molar-refractivity contribution in [3.05, 3.63) is 59.9 Å². The summed E-state index contributed by atoms with van der Waals surface area (Å²) in [5.74, 6) is 0.603. The van der Waals surface area contributed by atoms with Crippen LogP contribution in [0.15, 0.2) is 48.7 Å². The largest absolute Gasteiger partial charge is 0.462 e. The summed E-state index contributed by atoms with van der Waals surface area (Å²) in [7, 11) is 1.60. The molecule has 1 aromatic heterocycles. The predicted octanol–water partition coefficient (Wildman–Crippen LogP) is 5.69. The van der Waals surface area contributed by atoms with E-state index in [0.717, 1.165) is 37.8 Å². The van der Waals surface area contributed by atoms with E-state index in [1.807, 2.05) is 13.0 Å². The number of hydrogen-bond acceptors (Lipinski definition) is 4. The van der Waals surface area contributed by atoms with E-state index in [0.29, 0.717) is 28.7 Å². The van der Waals surface area contributed by atoms with Crippen molar-refractivity contribution in [2.45, 2.75) is 50.9 Å². The van der Waals surface area contributed by atoms with E-state index in [4.69, 9.17) is 4.74 Å². The summed E-state index contributed by atoms with van der Waals surface area (Å²) in [6.07, 6.45) is 4.54. The number of pyridine rings is 1. The van der Waals surface area contributed by atoms with Crippen LogP contribution >= 0.6 is 0 Å². The van der Waals surface area contributed by atoms with E-state index in [2.05, 4.69) is 21.7 Å². The Labute approximate surface area is 220 Å². The summed E-state index contributed by atoms with van der Waals surface area (Å²) in [6.45, 7) is 1.96. The van der Waals surface area contributed by atoms with Crippen LogP contribution in [-0.4, -0.2) is 36.2 Å². The Balaban J connectivity index is 1.35. The Hall–Kier alpha value is -3.36. The molecule has 1 saturated heterocycles. The van der Waals surface area contributed by atoms with E-state index in [1.54, 1.807) is 31.4 Å². The van der Waals surface area contributed by atoms with Crippen molar-refractivity contribution in [1.82, 2.24) is 15.6 Å². The highest BCUT2D eigenvalue weighted by atomic mass is 19.4. The van der Waals surface area contributed by atoms with Gasteiger partial charge >= 0.3 is 18.2 Å². The first-order valence-electron chi connectivity index (χ1n) is 13.1. The zero-order valence-electron chi connectivity index (χ0n) is 21.4. The molecule has 1 aromatic carbocycles. The third-order valence-electron chi connectivity index (χ3n) is 8.51. The number of esters is 1. The van der Waals surface area contributed by atoms with Crippen molar-refractivity contribution in [2.75, 3.05) is 7.05 Å². The van der Waals surface area contributed by atoms with Crippen molar-refractivity contribution >= 4 is 18.1 Å². The highest BCUT2D eigenvalue weighted by molar-refractivity contribution is 5.76. The van der Waals surface area contributed by atoms with Crippen LogP contribution < -0.4 is 10.6 Å². The van der Waals surface area contributed by atoms with Crippen molar-refractivity contribution in [3.8, 4) is 11.1 Å². The lowest BCUT2D eigenvalue weighted by Gasteiger charge is -2.47. The molecule has 3 aliphatic rings. The maximum atomic E-state index is 13.1. The maximum absolute atomic E-state index is 13.1. The minimum Gasteiger partial charge on any atom is -0.462 e. The molecule has 2 saturated carbocycles. The second kappa shape index (κ2) is 10.4. The first-order chi connectivity index (χ1) is 18.1. The summed E-state index contributed by atoms with van der Waals surface area (Å²) in [5, 5.41) is 5.64. The number of halogens is 3. The van der Waals surface area contributed by atoms with Crippen LogP contribution in [0.3, 0.4) is 0 Å². The minimum atomic E-state index is -4.40. The fourth-order valence-corrected chi connectivity index (χ4v) is 6.76. The molecule has 38 heavy (non-hydrogen) atoms. The Morgan fingerprint density at radius 3 is 2.66 bits per heavy atom. The molecule has 202 valence electrons. The summed E-state index contributed by atoms with van der Waals surface area (Å²) < 4.78 is 45.0. The van der Waals surface area contributed by atoms with Gasteiger partial charge in [-0.15, -0.1) is 0 Å². The van der Waals surface area contributed by atoms with Crippen LogP contribution in [0.1, 0.15) is 43.9 Å². The van der Waals surface area contributed by atoms with Crippen molar-refractivity contribution < 1.29 is 27.5 Å². The van der Waals surface area contributed by atoms with Gasteiger partial charge in [0.2, 0.25) is 0 Å². The number of rotatable bonds is 4. The molecular formula is C29H32F3N3O3. The fourth-order valence-electron chi connectivity index (χ4n) is 6.76. The summed E-state index contributed by atoms with van der Waals surface area (Å²) in [6, 6.07) is 8.68. The van der Waals surface area contributed by atoms with E-state index in [9.17, 15) is 22.8 Å². The number of nitrogens with one attached hydrogen (secondary N) is 2. The predicted molar refractivity (Wildman–Crippen MR) is 137 cm³/mol. The third kappa shape index (κ3) is 5.28. The number of cyclic esters (lactones) is 1. The number of ether oxygens (including phenoxy) is 1. The Morgan fingerprint density at radius 1 is 1.13 bits per heavy atom. The molecule has 0 spiro atoms. The number of hydrogen-bond donors (Lipinski definition) is 2. The van der Waals surface area contributed by atoms with Crippen molar-refractivity contribution in [3.63, 3.8) is 0 Å². The lowest BCUT2D eigenvalue weighted by molar-refractivity contribution is -0.144. The second-order valence-corrected chi connectivity index (χ2v) is 10.7. The van der Waals surface area contributed by atoms with Gasteiger partial charge in [-0.3, -0.25) is 9.78 Å². The smallest absolute Gasteiger partial charge is 0.416 e. The molecule has 9 heteroatoms. The molecule has 2 amide bonds. The molecule has 6 nitrogen and oxygen atoms in total. The first-order valence-corrected chi connectivity index (χ1v) is 13.1. The Kier molecular flexibility index (Phi) is 7.20. The third-order valence-corrected chi connectivity index (χ3v) is 8.51. The summed E-state index contributed by atoms with van der Waals surface area (Å²) >= 11 is 0. The van der Waals surface area contributed by atoms with Gasteiger partial charge in [0.25, 0.3) is 0 Å². The number of benzene rings is 1. The maximum Gasteiger partial charge on any atom is 0.416 e. The zero-order valence-corrected chi connectivity index (χ0v) is 21.4. The quantitative estimate of drug-likeness (QED) is 0.501. The van der Waals surface area contributed by atoms with Crippen molar-refractivity contribution in [2.24, 2.45) is 29.6 Å². The normalized spacial score (nSPS) is 30.9. The number of urea groups is 1. The molecule has 1 unspecified atom stereocenters. The molecule has 2 N–H and O–H groups in total. The Bertz CT molecular complexity index is 1210. The van der Waals surface area contributed by atoms with E-state index >= 15 is 0 Å². The molecule has 7 atom stereocenters. The molecule has 3 fully saturated rings. The fraction of sp³-hybridized carbons (Fsp3) is 0.483. The van der Waals surface area contributed by atoms with Crippen LogP contribution in [0.4, 0.5) is 18.0 Å². The monoisotopic (exact) mass is 527 g/mol. The highest BCUT2D eigenvalue weighted by Crippen LogP contribution is 2.53. The van der Waals surface area contributed by atoms with Gasteiger partial charge in [0.1, 0.15) is 6.10 Å². The molecular weight excluding hydrogens is 495 g/mol. The molecule has 2 aliphatic carbocycles. The first kappa shape index (κ1) is 26.3. The lowest BCUT2D eigenvalue weighted by atomic mass is 9.57. The van der Waals surface area contributed by atoms with Gasteiger partial charge in [0, 0.05) is 30.8 Å².